The topological polar surface area (TPSA) is 64.6 Å². The monoisotopic (exact) mass is 483 g/mol. The van der Waals surface area contributed by atoms with Gasteiger partial charge in [0.05, 0.1) is 12.0 Å². The van der Waals surface area contributed by atoms with Gasteiger partial charge in [0.1, 0.15) is 5.82 Å². The van der Waals surface area contributed by atoms with Gasteiger partial charge in [-0.05, 0) is 94.7 Å². The van der Waals surface area contributed by atoms with Gasteiger partial charge in [0.25, 0.3) is 0 Å². The second-order valence-corrected chi connectivity index (χ2v) is 10.6. The summed E-state index contributed by atoms with van der Waals surface area (Å²) in [6.45, 7) is 8.54. The summed E-state index contributed by atoms with van der Waals surface area (Å²) >= 11 is 0. The molecule has 1 aliphatic rings. The molecule has 1 atom stereocenters. The quantitative estimate of drug-likeness (QED) is 0.412. The van der Waals surface area contributed by atoms with Crippen LogP contribution in [-0.2, 0) is 17.6 Å². The van der Waals surface area contributed by atoms with Gasteiger partial charge in [-0.15, -0.1) is 0 Å². The van der Waals surface area contributed by atoms with Crippen molar-refractivity contribution in [2.75, 3.05) is 24.5 Å². The van der Waals surface area contributed by atoms with Crippen molar-refractivity contribution in [1.29, 1.82) is 0 Å². The van der Waals surface area contributed by atoms with Crippen LogP contribution in [0.2, 0.25) is 0 Å². The molecule has 1 aliphatic heterocycles. The smallest absolute Gasteiger partial charge is 0.224 e. The van der Waals surface area contributed by atoms with Gasteiger partial charge in [-0.25, -0.2) is 4.39 Å². The van der Waals surface area contributed by atoms with Gasteiger partial charge in [-0.1, -0.05) is 24.3 Å². The molecular formula is C29H42FN3O2. The summed E-state index contributed by atoms with van der Waals surface area (Å²) in [5, 5.41) is 16.6. The van der Waals surface area contributed by atoms with E-state index in [1.807, 2.05) is 32.0 Å². The molecule has 5 nitrogen and oxygen atoms in total. The lowest BCUT2D eigenvalue weighted by Crippen LogP contribution is -2.45. The first-order valence-electron chi connectivity index (χ1n) is 13.0. The number of aliphatic hydroxyl groups is 1. The van der Waals surface area contributed by atoms with Gasteiger partial charge in [0, 0.05) is 37.4 Å². The molecule has 0 radical (unpaired) electrons. The van der Waals surface area contributed by atoms with Crippen molar-refractivity contribution in [3.05, 3.63) is 65.5 Å². The van der Waals surface area contributed by atoms with Gasteiger partial charge >= 0.3 is 0 Å². The lowest BCUT2D eigenvalue weighted by atomic mass is 9.98. The number of carbonyl (C=O) groups excluding carboxylic acids is 1. The van der Waals surface area contributed by atoms with E-state index in [-0.39, 0.29) is 11.7 Å². The lowest BCUT2D eigenvalue weighted by Gasteiger charge is -2.35. The van der Waals surface area contributed by atoms with Crippen LogP contribution in [0.25, 0.3) is 0 Å². The molecule has 0 aliphatic carbocycles. The second kappa shape index (κ2) is 13.0. The van der Waals surface area contributed by atoms with E-state index >= 15 is 0 Å². The first-order chi connectivity index (χ1) is 16.7. The average Bonchev–Trinajstić information content (AvgIpc) is 2.79. The summed E-state index contributed by atoms with van der Waals surface area (Å²) < 4.78 is 13.2. The standard InChI is InChI=1S/C29H42FN3O2/c1-22(6-5-16-29(2,3)35)32-26-14-18-33(19-15-26)27-11-9-24(10-12-27)21-28(34)31-17-13-23-7-4-8-25(30)20-23/h4,7-12,20,22,26,32,35H,5-6,13-19,21H2,1-3H3,(H,31,34). The minimum atomic E-state index is -0.575. The van der Waals surface area contributed by atoms with E-state index in [1.54, 1.807) is 6.07 Å². The Morgan fingerprint density at radius 2 is 1.86 bits per heavy atom. The van der Waals surface area contributed by atoms with Gasteiger partial charge in [0.2, 0.25) is 5.91 Å². The normalized spacial score (nSPS) is 15.7. The van der Waals surface area contributed by atoms with Crippen molar-refractivity contribution in [3.8, 4) is 0 Å². The van der Waals surface area contributed by atoms with Crippen LogP contribution in [-0.4, -0.2) is 48.3 Å². The molecular weight excluding hydrogens is 441 g/mol. The van der Waals surface area contributed by atoms with Gasteiger partial charge < -0.3 is 20.6 Å². The Kier molecular flexibility index (Phi) is 10.1. The number of hydrogen-bond donors (Lipinski definition) is 3. The Hall–Kier alpha value is -2.44. The number of nitrogens with zero attached hydrogens (tertiary/aromatic N) is 1. The Morgan fingerprint density at radius 3 is 2.51 bits per heavy atom. The van der Waals surface area contributed by atoms with Crippen molar-refractivity contribution in [3.63, 3.8) is 0 Å². The first kappa shape index (κ1) is 27.2. The zero-order valence-corrected chi connectivity index (χ0v) is 21.5. The Bertz CT molecular complexity index is 918. The van der Waals surface area contributed by atoms with Crippen LogP contribution in [0.4, 0.5) is 10.1 Å². The molecule has 1 saturated heterocycles. The summed E-state index contributed by atoms with van der Waals surface area (Å²) in [5.41, 5.74) is 2.51. The predicted molar refractivity (Wildman–Crippen MR) is 141 cm³/mol. The first-order valence-corrected chi connectivity index (χ1v) is 13.0. The maximum Gasteiger partial charge on any atom is 0.224 e. The van der Waals surface area contributed by atoms with Crippen molar-refractivity contribution in [2.24, 2.45) is 0 Å². The third kappa shape index (κ3) is 9.98. The van der Waals surface area contributed by atoms with Crippen molar-refractivity contribution in [1.82, 2.24) is 10.6 Å². The molecule has 1 unspecified atom stereocenters. The summed E-state index contributed by atoms with van der Waals surface area (Å²) in [6.07, 6.45) is 6.16. The fraction of sp³-hybridized carbons (Fsp3) is 0.552. The number of halogens is 1. The van der Waals surface area contributed by atoms with E-state index in [0.717, 1.165) is 56.3 Å². The number of carbonyl (C=O) groups is 1. The lowest BCUT2D eigenvalue weighted by molar-refractivity contribution is -0.120. The van der Waals surface area contributed by atoms with Gasteiger partial charge in [-0.3, -0.25) is 4.79 Å². The SMILES string of the molecule is CC(CCCC(C)(C)O)NC1CCN(c2ccc(CC(=O)NCCc3cccc(F)c3)cc2)CC1. The van der Waals surface area contributed by atoms with Crippen LogP contribution in [0, 0.1) is 5.82 Å². The zero-order chi connectivity index (χ0) is 25.3. The number of amides is 1. The molecule has 2 aromatic carbocycles. The largest absolute Gasteiger partial charge is 0.390 e. The Morgan fingerprint density at radius 1 is 1.14 bits per heavy atom. The predicted octanol–water partition coefficient (Wildman–Crippen LogP) is 4.62. The molecule has 1 amide bonds. The molecule has 3 rings (SSSR count). The maximum atomic E-state index is 13.2. The van der Waals surface area contributed by atoms with E-state index in [2.05, 4.69) is 34.6 Å². The summed E-state index contributed by atoms with van der Waals surface area (Å²) in [6, 6.07) is 15.8. The van der Waals surface area contributed by atoms with Crippen LogP contribution in [0.1, 0.15) is 64.0 Å². The fourth-order valence-corrected chi connectivity index (χ4v) is 4.74. The summed E-state index contributed by atoms with van der Waals surface area (Å²) in [7, 11) is 0. The van der Waals surface area contributed by atoms with Crippen LogP contribution >= 0.6 is 0 Å². The van der Waals surface area contributed by atoms with Crippen molar-refractivity contribution < 1.29 is 14.3 Å². The molecule has 0 bridgehead atoms. The molecule has 6 heteroatoms. The zero-order valence-electron chi connectivity index (χ0n) is 21.5. The molecule has 0 spiro atoms. The van der Waals surface area contributed by atoms with E-state index in [1.165, 1.54) is 17.8 Å². The number of piperidine rings is 1. The molecule has 1 heterocycles. The van der Waals surface area contributed by atoms with E-state index in [4.69, 9.17) is 0 Å². The van der Waals surface area contributed by atoms with Gasteiger partial charge in [-0.2, -0.15) is 0 Å². The fourth-order valence-electron chi connectivity index (χ4n) is 4.74. The van der Waals surface area contributed by atoms with Crippen molar-refractivity contribution in [2.45, 2.75) is 83.4 Å². The second-order valence-electron chi connectivity index (χ2n) is 10.6. The summed E-state index contributed by atoms with van der Waals surface area (Å²) in [5.74, 6) is -0.264. The van der Waals surface area contributed by atoms with E-state index < -0.39 is 5.60 Å². The Balaban J connectivity index is 1.35. The third-order valence-electron chi connectivity index (χ3n) is 6.73. The molecule has 2 aromatic rings. The van der Waals surface area contributed by atoms with E-state index in [9.17, 15) is 14.3 Å². The number of rotatable bonds is 12. The van der Waals surface area contributed by atoms with Crippen LogP contribution in [0.3, 0.4) is 0 Å². The molecule has 3 N–H and O–H groups in total. The average molecular weight is 484 g/mol. The summed E-state index contributed by atoms with van der Waals surface area (Å²) in [4.78, 5) is 14.7. The number of anilines is 1. The third-order valence-corrected chi connectivity index (χ3v) is 6.73. The highest BCUT2D eigenvalue weighted by Gasteiger charge is 2.21. The highest BCUT2D eigenvalue weighted by Crippen LogP contribution is 2.22. The maximum absolute atomic E-state index is 13.2. The molecule has 192 valence electrons. The van der Waals surface area contributed by atoms with Crippen molar-refractivity contribution >= 4 is 11.6 Å². The highest BCUT2D eigenvalue weighted by molar-refractivity contribution is 5.78. The minimum Gasteiger partial charge on any atom is -0.390 e. The minimum absolute atomic E-state index is 0.0160. The van der Waals surface area contributed by atoms with Crippen LogP contribution < -0.4 is 15.5 Å². The number of benzene rings is 2. The Labute approximate surface area is 210 Å². The van der Waals surface area contributed by atoms with Crippen LogP contribution in [0.5, 0.6) is 0 Å². The molecule has 1 fully saturated rings. The highest BCUT2D eigenvalue weighted by atomic mass is 19.1. The number of nitrogens with one attached hydrogen (secondary N) is 2. The molecule has 0 saturated carbocycles. The molecule has 0 aromatic heterocycles. The number of hydrogen-bond acceptors (Lipinski definition) is 4. The van der Waals surface area contributed by atoms with Gasteiger partial charge in [0.15, 0.2) is 0 Å². The van der Waals surface area contributed by atoms with E-state index in [0.29, 0.717) is 31.5 Å². The molecule has 35 heavy (non-hydrogen) atoms. The van der Waals surface area contributed by atoms with Crippen LogP contribution in [0.15, 0.2) is 48.5 Å².